The van der Waals surface area contributed by atoms with Crippen molar-refractivity contribution in [3.8, 4) is 0 Å². The Hall–Kier alpha value is -0.420. The van der Waals surface area contributed by atoms with Crippen LogP contribution >= 0.6 is 15.9 Å². The van der Waals surface area contributed by atoms with E-state index in [1.54, 1.807) is 0 Å². The molecule has 0 saturated carbocycles. The summed E-state index contributed by atoms with van der Waals surface area (Å²) in [4.78, 5) is 5.33. The molecule has 4 heteroatoms. The van der Waals surface area contributed by atoms with Crippen LogP contribution in [0.15, 0.2) is 28.7 Å². The first-order chi connectivity index (χ1) is 10.2. The van der Waals surface area contributed by atoms with Crippen molar-refractivity contribution in [3.05, 3.63) is 34.3 Å². The number of nitrogens with two attached hydrogens (primary N) is 1. The lowest BCUT2D eigenvalue weighted by molar-refractivity contribution is -0.00666. The van der Waals surface area contributed by atoms with Crippen LogP contribution < -0.4 is 5.73 Å². The molecule has 1 aromatic carbocycles. The van der Waals surface area contributed by atoms with Crippen LogP contribution in [0.3, 0.4) is 0 Å². The summed E-state index contributed by atoms with van der Waals surface area (Å²) < 4.78 is 1.13. The molecule has 21 heavy (non-hydrogen) atoms. The fraction of sp³-hybridized carbons (Fsp3) is 0.647. The number of fused-ring (bicyclic) bond motifs is 1. The first-order valence-electron chi connectivity index (χ1n) is 8.14. The van der Waals surface area contributed by atoms with Gasteiger partial charge in [-0.1, -0.05) is 34.5 Å². The predicted octanol–water partition coefficient (Wildman–Crippen LogP) is 3.01. The van der Waals surface area contributed by atoms with Gasteiger partial charge in [0, 0.05) is 42.2 Å². The van der Waals surface area contributed by atoms with E-state index < -0.39 is 0 Å². The maximum Gasteiger partial charge on any atom is 0.0474 e. The van der Waals surface area contributed by atoms with Gasteiger partial charge >= 0.3 is 0 Å². The molecule has 1 aromatic rings. The number of benzene rings is 1. The Labute approximate surface area is 136 Å². The molecule has 0 bridgehead atoms. The normalized spacial score (nSPS) is 29.1. The van der Waals surface area contributed by atoms with E-state index in [0.717, 1.165) is 10.5 Å². The summed E-state index contributed by atoms with van der Waals surface area (Å²) in [6.07, 6.45) is 4.10. The van der Waals surface area contributed by atoms with Gasteiger partial charge in [0.05, 0.1) is 0 Å². The highest BCUT2D eigenvalue weighted by molar-refractivity contribution is 9.10. The number of halogens is 1. The Bertz CT molecular complexity index is 462. The number of hydrogen-bond donors (Lipinski definition) is 1. The SMILES string of the molecule is CC1CN2CCCCC2CN1C(CN)c1ccc(Br)cc1. The number of rotatable bonds is 3. The monoisotopic (exact) mass is 351 g/mol. The Kier molecular flexibility index (Phi) is 4.99. The van der Waals surface area contributed by atoms with E-state index in [4.69, 9.17) is 5.73 Å². The van der Waals surface area contributed by atoms with Gasteiger partial charge in [-0.2, -0.15) is 0 Å². The Balaban J connectivity index is 1.78. The molecule has 0 amide bonds. The van der Waals surface area contributed by atoms with E-state index >= 15 is 0 Å². The van der Waals surface area contributed by atoms with Crippen molar-refractivity contribution in [2.45, 2.75) is 44.3 Å². The zero-order valence-electron chi connectivity index (χ0n) is 12.8. The first kappa shape index (κ1) is 15.5. The number of nitrogens with zero attached hydrogens (tertiary/aromatic N) is 2. The third-order valence-corrected chi connectivity index (χ3v) is 5.64. The van der Waals surface area contributed by atoms with Crippen LogP contribution in [0.2, 0.25) is 0 Å². The Morgan fingerprint density at radius 3 is 2.71 bits per heavy atom. The van der Waals surface area contributed by atoms with E-state index in [1.165, 1.54) is 44.5 Å². The number of hydrogen-bond acceptors (Lipinski definition) is 3. The molecule has 2 heterocycles. The highest BCUT2D eigenvalue weighted by Gasteiger charge is 2.36. The summed E-state index contributed by atoms with van der Waals surface area (Å²) >= 11 is 3.52. The highest BCUT2D eigenvalue weighted by Crippen LogP contribution is 2.30. The van der Waals surface area contributed by atoms with Crippen molar-refractivity contribution < 1.29 is 0 Å². The molecular formula is C17H26BrN3. The van der Waals surface area contributed by atoms with Gasteiger partial charge in [0.1, 0.15) is 0 Å². The quantitative estimate of drug-likeness (QED) is 0.908. The molecule has 2 fully saturated rings. The lowest BCUT2D eigenvalue weighted by atomic mass is 9.94. The lowest BCUT2D eigenvalue weighted by Crippen LogP contribution is -2.60. The van der Waals surface area contributed by atoms with E-state index in [2.05, 4.69) is 56.9 Å². The van der Waals surface area contributed by atoms with Crippen molar-refractivity contribution >= 4 is 15.9 Å². The summed E-state index contributed by atoms with van der Waals surface area (Å²) in [5, 5.41) is 0. The maximum absolute atomic E-state index is 6.14. The summed E-state index contributed by atoms with van der Waals surface area (Å²) in [6, 6.07) is 10.3. The summed E-state index contributed by atoms with van der Waals surface area (Å²) in [5.74, 6) is 0. The lowest BCUT2D eigenvalue weighted by Gasteiger charge is -2.50. The molecule has 2 aliphatic rings. The van der Waals surface area contributed by atoms with E-state index in [9.17, 15) is 0 Å². The molecule has 116 valence electrons. The third-order valence-electron chi connectivity index (χ3n) is 5.11. The molecule has 0 radical (unpaired) electrons. The Morgan fingerprint density at radius 1 is 1.24 bits per heavy atom. The summed E-state index contributed by atoms with van der Waals surface area (Å²) in [6.45, 7) is 6.69. The second-order valence-corrected chi connectivity index (χ2v) is 7.41. The van der Waals surface area contributed by atoms with Gasteiger partial charge in [0.2, 0.25) is 0 Å². The van der Waals surface area contributed by atoms with Crippen LogP contribution in [0, 0.1) is 0 Å². The minimum Gasteiger partial charge on any atom is -0.329 e. The Morgan fingerprint density at radius 2 is 2.00 bits per heavy atom. The molecule has 0 spiro atoms. The maximum atomic E-state index is 6.14. The van der Waals surface area contributed by atoms with Gasteiger partial charge in [-0.15, -0.1) is 0 Å². The largest absolute Gasteiger partial charge is 0.329 e. The van der Waals surface area contributed by atoms with Crippen LogP contribution in [0.5, 0.6) is 0 Å². The molecule has 2 aliphatic heterocycles. The fourth-order valence-electron chi connectivity index (χ4n) is 3.96. The molecule has 3 atom stereocenters. The number of piperazine rings is 1. The zero-order valence-corrected chi connectivity index (χ0v) is 14.4. The van der Waals surface area contributed by atoms with E-state index in [0.29, 0.717) is 18.6 Å². The molecular weight excluding hydrogens is 326 g/mol. The molecule has 3 rings (SSSR count). The van der Waals surface area contributed by atoms with Crippen molar-refractivity contribution in [1.82, 2.24) is 9.80 Å². The zero-order chi connectivity index (χ0) is 14.8. The third kappa shape index (κ3) is 3.34. The predicted molar refractivity (Wildman–Crippen MR) is 91.3 cm³/mol. The van der Waals surface area contributed by atoms with Crippen LogP contribution in [0.25, 0.3) is 0 Å². The average molecular weight is 352 g/mol. The summed E-state index contributed by atoms with van der Waals surface area (Å²) in [5.41, 5.74) is 7.48. The number of piperidine rings is 1. The van der Waals surface area contributed by atoms with E-state index in [1.807, 2.05) is 0 Å². The van der Waals surface area contributed by atoms with Crippen molar-refractivity contribution in [1.29, 1.82) is 0 Å². The smallest absolute Gasteiger partial charge is 0.0474 e. The van der Waals surface area contributed by atoms with E-state index in [-0.39, 0.29) is 0 Å². The minimum absolute atomic E-state index is 0.345. The van der Waals surface area contributed by atoms with Gasteiger partial charge < -0.3 is 5.73 Å². The molecule has 2 N–H and O–H groups in total. The van der Waals surface area contributed by atoms with Crippen molar-refractivity contribution in [2.75, 3.05) is 26.2 Å². The summed E-state index contributed by atoms with van der Waals surface area (Å²) in [7, 11) is 0. The van der Waals surface area contributed by atoms with Crippen LogP contribution in [0.1, 0.15) is 37.8 Å². The van der Waals surface area contributed by atoms with Gasteiger partial charge in [-0.25, -0.2) is 0 Å². The second-order valence-electron chi connectivity index (χ2n) is 6.49. The van der Waals surface area contributed by atoms with Crippen LogP contribution in [-0.2, 0) is 0 Å². The fourth-order valence-corrected chi connectivity index (χ4v) is 4.22. The molecule has 3 nitrogen and oxygen atoms in total. The van der Waals surface area contributed by atoms with Gasteiger partial charge in [-0.3, -0.25) is 9.80 Å². The average Bonchev–Trinajstić information content (AvgIpc) is 2.50. The first-order valence-corrected chi connectivity index (χ1v) is 8.93. The molecule has 2 saturated heterocycles. The van der Waals surface area contributed by atoms with Gasteiger partial charge in [-0.05, 0) is 44.0 Å². The molecule has 3 unspecified atom stereocenters. The molecule has 0 aliphatic carbocycles. The van der Waals surface area contributed by atoms with Gasteiger partial charge in [0.25, 0.3) is 0 Å². The minimum atomic E-state index is 0.345. The standard InChI is InChI=1S/C17H26BrN3/c1-13-11-20-9-3-2-4-16(20)12-21(13)17(10-19)14-5-7-15(18)8-6-14/h5-8,13,16-17H,2-4,9-12,19H2,1H3. The topological polar surface area (TPSA) is 32.5 Å². The van der Waals surface area contributed by atoms with Crippen molar-refractivity contribution in [3.63, 3.8) is 0 Å². The van der Waals surface area contributed by atoms with Crippen molar-refractivity contribution in [2.24, 2.45) is 5.73 Å². The van der Waals surface area contributed by atoms with Crippen LogP contribution in [0.4, 0.5) is 0 Å². The van der Waals surface area contributed by atoms with Crippen LogP contribution in [-0.4, -0.2) is 48.1 Å². The highest BCUT2D eigenvalue weighted by atomic mass is 79.9. The molecule has 0 aromatic heterocycles. The second kappa shape index (κ2) is 6.78. The van der Waals surface area contributed by atoms with Gasteiger partial charge in [0.15, 0.2) is 0 Å².